The van der Waals surface area contributed by atoms with Crippen LogP contribution in [0.4, 0.5) is 0 Å². The highest BCUT2D eigenvalue weighted by atomic mass is 32.1. The van der Waals surface area contributed by atoms with Crippen LogP contribution in [-0.2, 0) is 0 Å². The number of aromatic nitrogens is 1. The maximum atomic E-state index is 4.37. The van der Waals surface area contributed by atoms with Crippen molar-refractivity contribution in [1.29, 1.82) is 0 Å². The average molecular weight is 238 g/mol. The van der Waals surface area contributed by atoms with E-state index in [0.29, 0.717) is 11.5 Å². The van der Waals surface area contributed by atoms with Crippen LogP contribution >= 0.6 is 11.3 Å². The van der Waals surface area contributed by atoms with E-state index in [-0.39, 0.29) is 0 Å². The molecule has 90 valence electrons. The van der Waals surface area contributed by atoms with E-state index < -0.39 is 0 Å². The van der Waals surface area contributed by atoms with Gasteiger partial charge in [0, 0.05) is 18.0 Å². The van der Waals surface area contributed by atoms with Gasteiger partial charge in [-0.2, -0.15) is 0 Å². The molecule has 2 nitrogen and oxygen atoms in total. The maximum Gasteiger partial charge on any atom is 0.0795 e. The van der Waals surface area contributed by atoms with E-state index >= 15 is 0 Å². The van der Waals surface area contributed by atoms with Gasteiger partial charge in [-0.25, -0.2) is 4.98 Å². The fraction of sp³-hybridized carbons (Fsp3) is 0.769. The molecule has 0 aliphatic heterocycles. The van der Waals surface area contributed by atoms with Gasteiger partial charge in [-0.1, -0.05) is 19.8 Å². The Morgan fingerprint density at radius 2 is 2.25 bits per heavy atom. The Hall–Kier alpha value is -0.410. The molecule has 1 saturated carbocycles. The van der Waals surface area contributed by atoms with Gasteiger partial charge in [0.1, 0.15) is 0 Å². The smallest absolute Gasteiger partial charge is 0.0795 e. The van der Waals surface area contributed by atoms with E-state index in [4.69, 9.17) is 0 Å². The van der Waals surface area contributed by atoms with Crippen LogP contribution in [0.1, 0.15) is 57.7 Å². The Morgan fingerprint density at radius 3 is 2.81 bits per heavy atom. The second-order valence-corrected chi connectivity index (χ2v) is 5.80. The Bertz CT molecular complexity index is 302. The first kappa shape index (κ1) is 12.1. The van der Waals surface area contributed by atoms with Gasteiger partial charge in [-0.05, 0) is 31.6 Å². The average Bonchev–Trinajstić information content (AvgIpc) is 2.98. The molecule has 2 rings (SSSR count). The van der Waals surface area contributed by atoms with Crippen LogP contribution in [0, 0.1) is 5.41 Å². The molecule has 1 aliphatic rings. The van der Waals surface area contributed by atoms with E-state index in [0.717, 1.165) is 6.54 Å². The lowest BCUT2D eigenvalue weighted by atomic mass is 9.83. The predicted molar refractivity (Wildman–Crippen MR) is 69.7 cm³/mol. The molecule has 1 heterocycles. The Labute approximate surface area is 102 Å². The van der Waals surface area contributed by atoms with Crippen molar-refractivity contribution in [3.05, 3.63) is 16.6 Å². The number of hydrogen-bond donors (Lipinski definition) is 1. The molecular formula is C13H22N2S. The molecule has 1 aromatic rings. The minimum absolute atomic E-state index is 0.398. The fourth-order valence-corrected chi connectivity index (χ4v) is 3.34. The summed E-state index contributed by atoms with van der Waals surface area (Å²) in [7, 11) is 0. The Kier molecular flexibility index (Phi) is 3.98. The molecule has 0 radical (unpaired) electrons. The quantitative estimate of drug-likeness (QED) is 0.844. The number of nitrogens with one attached hydrogen (secondary N) is 1. The van der Waals surface area contributed by atoms with Gasteiger partial charge in [-0.3, -0.25) is 0 Å². The molecule has 0 aromatic carbocycles. The van der Waals surface area contributed by atoms with Crippen molar-refractivity contribution < 1.29 is 0 Å². The van der Waals surface area contributed by atoms with Crippen molar-refractivity contribution >= 4 is 11.3 Å². The number of hydrogen-bond acceptors (Lipinski definition) is 3. The van der Waals surface area contributed by atoms with Crippen LogP contribution in [0.3, 0.4) is 0 Å². The Morgan fingerprint density at radius 1 is 1.50 bits per heavy atom. The van der Waals surface area contributed by atoms with Crippen molar-refractivity contribution in [2.75, 3.05) is 6.54 Å². The summed E-state index contributed by atoms with van der Waals surface area (Å²) in [4.78, 5) is 4.37. The first-order valence-corrected chi connectivity index (χ1v) is 7.31. The summed E-state index contributed by atoms with van der Waals surface area (Å²) in [5, 5.41) is 5.81. The molecule has 3 heteroatoms. The van der Waals surface area contributed by atoms with E-state index in [1.165, 1.54) is 37.8 Å². The van der Waals surface area contributed by atoms with Gasteiger partial charge in [0.05, 0.1) is 11.2 Å². The largest absolute Gasteiger partial charge is 0.308 e. The lowest BCUT2D eigenvalue weighted by Crippen LogP contribution is -2.33. The third-order valence-corrected chi connectivity index (χ3v) is 4.70. The topological polar surface area (TPSA) is 24.9 Å². The summed E-state index contributed by atoms with van der Waals surface area (Å²) in [6.45, 7) is 5.70. The van der Waals surface area contributed by atoms with Crippen molar-refractivity contribution in [3.63, 3.8) is 0 Å². The third kappa shape index (κ3) is 2.64. The molecule has 1 aliphatic carbocycles. The molecule has 1 atom stereocenters. The molecule has 1 aromatic heterocycles. The highest BCUT2D eigenvalue weighted by Crippen LogP contribution is 2.40. The van der Waals surface area contributed by atoms with E-state index in [1.54, 1.807) is 11.3 Å². The van der Waals surface area contributed by atoms with Gasteiger partial charge < -0.3 is 5.32 Å². The van der Waals surface area contributed by atoms with Crippen LogP contribution in [-0.4, -0.2) is 11.5 Å². The van der Waals surface area contributed by atoms with Crippen molar-refractivity contribution in [2.24, 2.45) is 5.41 Å². The number of nitrogens with zero attached hydrogens (tertiary/aromatic N) is 1. The standard InChI is InChI=1S/C13H22N2S/c1-3-13(6-4-5-7-13)9-14-11(2)12-8-16-10-15-12/h8,10-11,14H,3-7,9H2,1-2H3. The third-order valence-electron chi connectivity index (χ3n) is 4.09. The fourth-order valence-electron chi connectivity index (χ4n) is 2.69. The van der Waals surface area contributed by atoms with Gasteiger partial charge in [-0.15, -0.1) is 11.3 Å². The van der Waals surface area contributed by atoms with E-state index in [2.05, 4.69) is 29.5 Å². The molecular weight excluding hydrogens is 216 g/mol. The van der Waals surface area contributed by atoms with Crippen molar-refractivity contribution in [2.45, 2.75) is 52.0 Å². The van der Waals surface area contributed by atoms with E-state index in [1.807, 2.05) is 5.51 Å². The lowest BCUT2D eigenvalue weighted by molar-refractivity contribution is 0.258. The molecule has 16 heavy (non-hydrogen) atoms. The normalized spacial score (nSPS) is 21.1. The zero-order chi connectivity index (χ0) is 11.4. The molecule has 0 spiro atoms. The summed E-state index contributed by atoms with van der Waals surface area (Å²) >= 11 is 1.68. The zero-order valence-corrected chi connectivity index (χ0v) is 11.1. The van der Waals surface area contributed by atoms with Crippen LogP contribution in [0.5, 0.6) is 0 Å². The lowest BCUT2D eigenvalue weighted by Gasteiger charge is -2.29. The molecule has 1 N–H and O–H groups in total. The number of thiazole rings is 1. The van der Waals surface area contributed by atoms with Crippen LogP contribution in [0.15, 0.2) is 10.9 Å². The molecule has 1 unspecified atom stereocenters. The molecule has 0 saturated heterocycles. The Balaban J connectivity index is 1.86. The van der Waals surface area contributed by atoms with Gasteiger partial charge in [0.15, 0.2) is 0 Å². The summed E-state index contributed by atoms with van der Waals surface area (Å²) in [6, 6.07) is 0.398. The number of rotatable bonds is 5. The first-order valence-electron chi connectivity index (χ1n) is 6.37. The van der Waals surface area contributed by atoms with Gasteiger partial charge in [0.2, 0.25) is 0 Å². The molecule has 0 amide bonds. The van der Waals surface area contributed by atoms with Crippen molar-refractivity contribution in [3.8, 4) is 0 Å². The van der Waals surface area contributed by atoms with Crippen molar-refractivity contribution in [1.82, 2.24) is 10.3 Å². The zero-order valence-electron chi connectivity index (χ0n) is 10.3. The summed E-state index contributed by atoms with van der Waals surface area (Å²) < 4.78 is 0. The monoisotopic (exact) mass is 238 g/mol. The highest BCUT2D eigenvalue weighted by Gasteiger charge is 2.31. The van der Waals surface area contributed by atoms with Crippen LogP contribution in [0.2, 0.25) is 0 Å². The SMILES string of the molecule is CCC1(CNC(C)c2cscn2)CCCC1. The minimum Gasteiger partial charge on any atom is -0.308 e. The maximum absolute atomic E-state index is 4.37. The summed E-state index contributed by atoms with van der Waals surface area (Å²) in [5.41, 5.74) is 3.68. The van der Waals surface area contributed by atoms with E-state index in [9.17, 15) is 0 Å². The molecule has 0 bridgehead atoms. The summed E-state index contributed by atoms with van der Waals surface area (Å²) in [6.07, 6.45) is 6.95. The molecule has 1 fully saturated rings. The van der Waals surface area contributed by atoms with Crippen LogP contribution in [0.25, 0.3) is 0 Å². The van der Waals surface area contributed by atoms with Gasteiger partial charge in [0.25, 0.3) is 0 Å². The minimum atomic E-state index is 0.398. The van der Waals surface area contributed by atoms with Crippen LogP contribution < -0.4 is 5.32 Å². The first-order chi connectivity index (χ1) is 7.76. The van der Waals surface area contributed by atoms with Gasteiger partial charge >= 0.3 is 0 Å². The highest BCUT2D eigenvalue weighted by molar-refractivity contribution is 7.07. The second kappa shape index (κ2) is 5.28. The summed E-state index contributed by atoms with van der Waals surface area (Å²) in [5.74, 6) is 0. The predicted octanol–water partition coefficient (Wildman–Crippen LogP) is 3.76. The second-order valence-electron chi connectivity index (χ2n) is 5.08.